The molecule has 0 aromatic heterocycles. The Morgan fingerprint density at radius 3 is 2.19 bits per heavy atom. The van der Waals surface area contributed by atoms with Crippen molar-refractivity contribution >= 4 is 33.4 Å². The lowest BCUT2D eigenvalue weighted by atomic mass is 10.1. The van der Waals surface area contributed by atoms with Crippen LogP contribution in [0.3, 0.4) is 0 Å². The zero-order valence-electron chi connectivity index (χ0n) is 15.0. The van der Waals surface area contributed by atoms with Crippen LogP contribution < -0.4 is 0 Å². The number of sulfonamides is 1. The lowest BCUT2D eigenvalue weighted by Gasteiger charge is -2.16. The Balaban J connectivity index is 1.92. The van der Waals surface area contributed by atoms with Gasteiger partial charge in [0.05, 0.1) is 4.90 Å². The fraction of sp³-hybridized carbons (Fsp3) is 0.263. The van der Waals surface area contributed by atoms with Gasteiger partial charge >= 0.3 is 5.97 Å². The summed E-state index contributed by atoms with van der Waals surface area (Å²) in [5.41, 5.74) is 1.53. The van der Waals surface area contributed by atoms with Crippen molar-refractivity contribution in [3.63, 3.8) is 0 Å². The van der Waals surface area contributed by atoms with Gasteiger partial charge in [-0.15, -0.1) is 0 Å². The number of nitrogens with zero attached hydrogens (tertiary/aromatic N) is 1. The molecule has 0 saturated carbocycles. The van der Waals surface area contributed by atoms with Crippen LogP contribution in [0.5, 0.6) is 0 Å². The summed E-state index contributed by atoms with van der Waals surface area (Å²) in [6.45, 7) is 1.05. The average molecular weight is 410 g/mol. The second-order valence-corrected chi connectivity index (χ2v) is 8.33. The Hall–Kier alpha value is -2.22. The van der Waals surface area contributed by atoms with Gasteiger partial charge in [-0.2, -0.15) is 4.31 Å². The Labute approximate surface area is 163 Å². The first kappa shape index (κ1) is 21.1. The second kappa shape index (κ2) is 9.12. The van der Waals surface area contributed by atoms with Crippen molar-refractivity contribution < 1.29 is 22.7 Å². The number of hydrogen-bond donors (Lipinski definition) is 0. The summed E-state index contributed by atoms with van der Waals surface area (Å²) in [6.07, 6.45) is 0.859. The van der Waals surface area contributed by atoms with Crippen molar-refractivity contribution in [3.05, 3.63) is 64.7 Å². The Morgan fingerprint density at radius 2 is 1.63 bits per heavy atom. The number of likely N-dealkylation sites (N-methyl/N-ethyl adjacent to an activating group) is 1. The Kier molecular flexibility index (Phi) is 7.12. The molecule has 0 unspecified atom stereocenters. The molecule has 2 aromatic rings. The van der Waals surface area contributed by atoms with Crippen LogP contribution in [0.1, 0.15) is 22.8 Å². The topological polar surface area (TPSA) is 80.8 Å². The summed E-state index contributed by atoms with van der Waals surface area (Å²) < 4.78 is 30.6. The van der Waals surface area contributed by atoms with Crippen LogP contribution in [-0.4, -0.2) is 44.7 Å². The van der Waals surface area contributed by atoms with E-state index in [1.807, 2.05) is 19.1 Å². The molecule has 0 spiro atoms. The van der Waals surface area contributed by atoms with Crippen LogP contribution in [0.4, 0.5) is 0 Å². The first-order valence-corrected chi connectivity index (χ1v) is 10.1. The van der Waals surface area contributed by atoms with Crippen molar-refractivity contribution in [3.8, 4) is 0 Å². The zero-order chi connectivity index (χ0) is 20.0. The molecule has 0 bridgehead atoms. The number of carbonyl (C=O) groups is 2. The number of rotatable bonds is 8. The van der Waals surface area contributed by atoms with Crippen LogP contribution in [0.15, 0.2) is 53.4 Å². The standard InChI is InChI=1S/C19H20ClNO5S/c1-3-14-4-6-15(7-5-14)18(22)13-26-19(23)12-21(2)27(24,25)17-10-8-16(20)9-11-17/h4-11H,3,12-13H2,1-2H3. The summed E-state index contributed by atoms with van der Waals surface area (Å²) in [4.78, 5) is 24.0. The van der Waals surface area contributed by atoms with Crippen LogP contribution in [0.2, 0.25) is 5.02 Å². The van der Waals surface area contributed by atoms with Crippen molar-refractivity contribution in [2.24, 2.45) is 0 Å². The van der Waals surface area contributed by atoms with E-state index < -0.39 is 29.1 Å². The second-order valence-electron chi connectivity index (χ2n) is 5.85. The van der Waals surface area contributed by atoms with E-state index in [0.717, 1.165) is 16.3 Å². The van der Waals surface area contributed by atoms with Crippen molar-refractivity contribution in [2.45, 2.75) is 18.2 Å². The van der Waals surface area contributed by atoms with Crippen LogP contribution in [0, 0.1) is 0 Å². The fourth-order valence-electron chi connectivity index (χ4n) is 2.25. The van der Waals surface area contributed by atoms with E-state index in [1.54, 1.807) is 12.1 Å². The maximum Gasteiger partial charge on any atom is 0.321 e. The van der Waals surface area contributed by atoms with Crippen LogP contribution >= 0.6 is 11.6 Å². The average Bonchev–Trinajstić information content (AvgIpc) is 2.66. The SMILES string of the molecule is CCc1ccc(C(=O)COC(=O)CN(C)S(=O)(=O)c2ccc(Cl)cc2)cc1. The minimum atomic E-state index is -3.86. The van der Waals surface area contributed by atoms with Gasteiger partial charge in [-0.25, -0.2) is 8.42 Å². The number of esters is 1. The predicted octanol–water partition coefficient (Wildman–Crippen LogP) is 2.95. The molecule has 8 heteroatoms. The Morgan fingerprint density at radius 1 is 1.04 bits per heavy atom. The number of aryl methyl sites for hydroxylation is 1. The summed E-state index contributed by atoms with van der Waals surface area (Å²) in [5.74, 6) is -1.16. The van der Waals surface area contributed by atoms with Gasteiger partial charge in [0, 0.05) is 17.6 Å². The minimum absolute atomic E-state index is 0.00860. The number of Topliss-reactive ketones (excluding diaryl/α,β-unsaturated/α-hetero) is 1. The first-order valence-electron chi connectivity index (χ1n) is 8.23. The fourth-order valence-corrected chi connectivity index (χ4v) is 3.50. The molecule has 0 N–H and O–H groups in total. The molecular weight excluding hydrogens is 390 g/mol. The van der Waals surface area contributed by atoms with E-state index >= 15 is 0 Å². The monoisotopic (exact) mass is 409 g/mol. The lowest BCUT2D eigenvalue weighted by Crippen LogP contribution is -2.33. The molecule has 0 aliphatic carbocycles. The van der Waals surface area contributed by atoms with E-state index in [4.69, 9.17) is 16.3 Å². The highest BCUT2D eigenvalue weighted by atomic mass is 35.5. The van der Waals surface area contributed by atoms with Gasteiger partial charge in [-0.3, -0.25) is 9.59 Å². The quantitative estimate of drug-likeness (QED) is 0.494. The number of hydrogen-bond acceptors (Lipinski definition) is 5. The van der Waals surface area contributed by atoms with Gasteiger partial charge in [0.25, 0.3) is 0 Å². The molecule has 0 atom stereocenters. The highest BCUT2D eigenvalue weighted by Gasteiger charge is 2.24. The first-order chi connectivity index (χ1) is 12.7. The Bertz CT molecular complexity index is 908. The number of benzene rings is 2. The molecule has 2 rings (SSSR count). The largest absolute Gasteiger partial charge is 0.456 e. The third-order valence-corrected chi connectivity index (χ3v) is 5.99. The smallest absolute Gasteiger partial charge is 0.321 e. The number of halogens is 1. The summed E-state index contributed by atoms with van der Waals surface area (Å²) in [5, 5.41) is 0.404. The summed E-state index contributed by atoms with van der Waals surface area (Å²) >= 11 is 5.75. The van der Waals surface area contributed by atoms with Gasteiger partial charge in [-0.1, -0.05) is 42.8 Å². The molecule has 0 radical (unpaired) electrons. The van der Waals surface area contributed by atoms with Crippen molar-refractivity contribution in [1.82, 2.24) is 4.31 Å². The normalized spacial score (nSPS) is 11.4. The summed E-state index contributed by atoms with van der Waals surface area (Å²) in [6, 6.07) is 12.6. The van der Waals surface area contributed by atoms with Crippen molar-refractivity contribution in [1.29, 1.82) is 0 Å². The molecule has 2 aromatic carbocycles. The number of carbonyl (C=O) groups excluding carboxylic acids is 2. The third-order valence-electron chi connectivity index (χ3n) is 3.92. The number of ketones is 1. The van der Waals surface area contributed by atoms with E-state index in [0.29, 0.717) is 10.6 Å². The minimum Gasteiger partial charge on any atom is -0.456 e. The van der Waals surface area contributed by atoms with E-state index in [1.165, 1.54) is 31.3 Å². The summed E-state index contributed by atoms with van der Waals surface area (Å²) in [7, 11) is -2.60. The van der Waals surface area contributed by atoms with Crippen LogP contribution in [-0.2, 0) is 26.0 Å². The van der Waals surface area contributed by atoms with Crippen LogP contribution in [0.25, 0.3) is 0 Å². The van der Waals surface area contributed by atoms with Gasteiger partial charge in [-0.05, 0) is 36.2 Å². The molecule has 0 saturated heterocycles. The third kappa shape index (κ3) is 5.63. The maximum atomic E-state index is 12.4. The highest BCUT2D eigenvalue weighted by Crippen LogP contribution is 2.17. The molecular formula is C19H20ClNO5S. The maximum absolute atomic E-state index is 12.4. The van der Waals surface area contributed by atoms with Gasteiger partial charge < -0.3 is 4.74 Å². The van der Waals surface area contributed by atoms with Crippen molar-refractivity contribution in [2.75, 3.05) is 20.2 Å². The molecule has 0 heterocycles. The van der Waals surface area contributed by atoms with Gasteiger partial charge in [0.2, 0.25) is 10.0 Å². The van der Waals surface area contributed by atoms with Gasteiger partial charge in [0.1, 0.15) is 6.54 Å². The molecule has 0 aliphatic heterocycles. The molecule has 0 fully saturated rings. The molecule has 6 nitrogen and oxygen atoms in total. The van der Waals surface area contributed by atoms with Gasteiger partial charge in [0.15, 0.2) is 12.4 Å². The lowest BCUT2D eigenvalue weighted by molar-refractivity contribution is -0.142. The van der Waals surface area contributed by atoms with E-state index in [2.05, 4.69) is 0 Å². The molecule has 144 valence electrons. The number of ether oxygens (including phenoxy) is 1. The van der Waals surface area contributed by atoms with E-state index in [-0.39, 0.29) is 10.7 Å². The highest BCUT2D eigenvalue weighted by molar-refractivity contribution is 7.89. The van der Waals surface area contributed by atoms with E-state index in [9.17, 15) is 18.0 Å². The molecule has 0 amide bonds. The molecule has 0 aliphatic rings. The molecule has 27 heavy (non-hydrogen) atoms. The predicted molar refractivity (Wildman–Crippen MR) is 102 cm³/mol. The zero-order valence-corrected chi connectivity index (χ0v) is 16.6.